The molecule has 10 heteroatoms. The highest BCUT2D eigenvalue weighted by atomic mass is 19.3. The minimum absolute atomic E-state index is 0.0190. The van der Waals surface area contributed by atoms with Crippen molar-refractivity contribution in [1.82, 2.24) is 20.4 Å². The largest absolute Gasteiger partial charge is 0.493 e. The van der Waals surface area contributed by atoms with Crippen LogP contribution < -0.4 is 20.1 Å². The molecule has 0 aliphatic carbocycles. The van der Waals surface area contributed by atoms with Gasteiger partial charge in [-0.2, -0.15) is 13.9 Å². The van der Waals surface area contributed by atoms with Crippen LogP contribution in [0.5, 0.6) is 11.5 Å². The van der Waals surface area contributed by atoms with Gasteiger partial charge in [-0.15, -0.1) is 0 Å². The fourth-order valence-corrected chi connectivity index (χ4v) is 2.74. The molecule has 31 heavy (non-hydrogen) atoms. The summed E-state index contributed by atoms with van der Waals surface area (Å²) in [7, 11) is 1.77. The van der Waals surface area contributed by atoms with Gasteiger partial charge in [-0.05, 0) is 32.4 Å². The van der Waals surface area contributed by atoms with E-state index < -0.39 is 12.2 Å². The number of aliphatic imine (C=N–C) groups is 1. The number of aliphatic hydroxyl groups is 1. The van der Waals surface area contributed by atoms with Crippen molar-refractivity contribution in [2.75, 3.05) is 19.7 Å². The first-order valence-corrected chi connectivity index (χ1v) is 10.2. The summed E-state index contributed by atoms with van der Waals surface area (Å²) < 4.78 is 37.5. The van der Waals surface area contributed by atoms with E-state index in [1.807, 2.05) is 13.8 Å². The van der Waals surface area contributed by atoms with Gasteiger partial charge in [0.25, 0.3) is 0 Å². The maximum Gasteiger partial charge on any atom is 0.387 e. The Morgan fingerprint density at radius 2 is 2.10 bits per heavy atom. The van der Waals surface area contributed by atoms with Gasteiger partial charge < -0.3 is 25.2 Å². The fourth-order valence-electron chi connectivity index (χ4n) is 2.74. The average molecular weight is 440 g/mol. The minimum Gasteiger partial charge on any atom is -0.493 e. The number of halogens is 2. The van der Waals surface area contributed by atoms with Crippen LogP contribution in [0.15, 0.2) is 35.6 Å². The zero-order chi connectivity index (χ0) is 22.9. The number of hydrogen-bond donors (Lipinski definition) is 3. The van der Waals surface area contributed by atoms with Crippen LogP contribution in [0.3, 0.4) is 0 Å². The normalized spacial score (nSPS) is 13.7. The highest BCUT2D eigenvalue weighted by molar-refractivity contribution is 5.79. The molecule has 0 saturated heterocycles. The maximum atomic E-state index is 12.9. The van der Waals surface area contributed by atoms with E-state index in [2.05, 4.69) is 25.5 Å². The number of hydrogen-bond acceptors (Lipinski definition) is 5. The van der Waals surface area contributed by atoms with Gasteiger partial charge in [-0.1, -0.05) is 6.92 Å². The van der Waals surface area contributed by atoms with Crippen molar-refractivity contribution < 1.29 is 23.4 Å². The van der Waals surface area contributed by atoms with Crippen LogP contribution in [-0.4, -0.2) is 47.2 Å². The molecule has 0 aliphatic heterocycles. The molecule has 0 aliphatic rings. The van der Waals surface area contributed by atoms with Gasteiger partial charge in [0, 0.05) is 37.0 Å². The molecule has 172 valence electrons. The Morgan fingerprint density at radius 3 is 2.71 bits per heavy atom. The van der Waals surface area contributed by atoms with Crippen LogP contribution in [0.1, 0.15) is 38.3 Å². The standard InChI is InChI=1S/C21H31F2N5O3/c1-5-9-30-17-8-7-15(18(10-17)31-19(22)23)11-25-20(24-6-2)26-14-21(3,29)16-12-27-28(4)13-16/h7-8,10,12-13,19,29H,5-6,9,11,14H2,1-4H3,(H2,24,25,26). The third-order valence-corrected chi connectivity index (χ3v) is 4.41. The second-order valence-electron chi connectivity index (χ2n) is 7.22. The number of aromatic nitrogens is 2. The number of nitrogens with one attached hydrogen (secondary N) is 2. The number of rotatable bonds is 11. The summed E-state index contributed by atoms with van der Waals surface area (Å²) in [5.74, 6) is 0.911. The molecule has 0 saturated carbocycles. The SMILES string of the molecule is CCCOc1ccc(CN=C(NCC)NCC(C)(O)c2cnn(C)c2)c(OC(F)F)c1. The Bertz CT molecular complexity index is 855. The number of alkyl halides is 2. The summed E-state index contributed by atoms with van der Waals surface area (Å²) in [6.07, 6.45) is 4.14. The maximum absolute atomic E-state index is 12.9. The lowest BCUT2D eigenvalue weighted by molar-refractivity contribution is -0.0505. The summed E-state index contributed by atoms with van der Waals surface area (Å²) in [6, 6.07) is 4.80. The first kappa shape index (κ1) is 24.4. The number of guanidine groups is 1. The van der Waals surface area contributed by atoms with Crippen LogP contribution in [0.2, 0.25) is 0 Å². The first-order valence-electron chi connectivity index (χ1n) is 10.2. The van der Waals surface area contributed by atoms with E-state index in [1.165, 1.54) is 6.07 Å². The number of aryl methyl sites for hydroxylation is 1. The van der Waals surface area contributed by atoms with Crippen LogP contribution in [0.4, 0.5) is 8.78 Å². The number of ether oxygens (including phenoxy) is 2. The van der Waals surface area contributed by atoms with Crippen LogP contribution in [-0.2, 0) is 19.2 Å². The zero-order valence-electron chi connectivity index (χ0n) is 18.4. The molecule has 0 fully saturated rings. The molecule has 2 aromatic rings. The van der Waals surface area contributed by atoms with Gasteiger partial charge in [0.15, 0.2) is 5.96 Å². The first-order chi connectivity index (χ1) is 14.7. The quantitative estimate of drug-likeness (QED) is 0.368. The smallest absolute Gasteiger partial charge is 0.387 e. The summed E-state index contributed by atoms with van der Waals surface area (Å²) in [4.78, 5) is 4.44. The molecule has 1 aromatic heterocycles. The molecule has 1 aromatic carbocycles. The third kappa shape index (κ3) is 7.71. The van der Waals surface area contributed by atoms with Gasteiger partial charge in [0.2, 0.25) is 0 Å². The Balaban J connectivity index is 2.12. The lowest BCUT2D eigenvalue weighted by Crippen LogP contribution is -2.44. The summed E-state index contributed by atoms with van der Waals surface area (Å²) >= 11 is 0. The van der Waals surface area contributed by atoms with Crippen molar-refractivity contribution in [2.24, 2.45) is 12.0 Å². The minimum atomic E-state index is -2.95. The summed E-state index contributed by atoms with van der Waals surface area (Å²) in [5, 5.41) is 21.0. The average Bonchev–Trinajstić information content (AvgIpc) is 3.16. The van der Waals surface area contributed by atoms with Crippen LogP contribution in [0, 0.1) is 0 Å². The van der Waals surface area contributed by atoms with E-state index >= 15 is 0 Å². The topological polar surface area (TPSA) is 92.9 Å². The molecule has 0 radical (unpaired) electrons. The molecule has 0 amide bonds. The van der Waals surface area contributed by atoms with E-state index in [0.29, 0.717) is 36.0 Å². The summed E-state index contributed by atoms with van der Waals surface area (Å²) in [6.45, 7) is 3.93. The van der Waals surface area contributed by atoms with E-state index in [9.17, 15) is 13.9 Å². The zero-order valence-corrected chi connectivity index (χ0v) is 18.4. The van der Waals surface area contributed by atoms with Gasteiger partial charge in [0.1, 0.15) is 17.1 Å². The second kappa shape index (κ2) is 11.5. The Morgan fingerprint density at radius 1 is 1.32 bits per heavy atom. The lowest BCUT2D eigenvalue weighted by Gasteiger charge is -2.23. The molecule has 2 rings (SSSR count). The van der Waals surface area contributed by atoms with E-state index in [4.69, 9.17) is 4.74 Å². The predicted molar refractivity (Wildman–Crippen MR) is 114 cm³/mol. The molecule has 0 spiro atoms. The van der Waals surface area contributed by atoms with Gasteiger partial charge >= 0.3 is 6.61 Å². The van der Waals surface area contributed by atoms with Gasteiger partial charge in [-0.25, -0.2) is 4.99 Å². The second-order valence-corrected chi connectivity index (χ2v) is 7.22. The van der Waals surface area contributed by atoms with Crippen molar-refractivity contribution in [3.8, 4) is 11.5 Å². The van der Waals surface area contributed by atoms with E-state index in [0.717, 1.165) is 6.42 Å². The Kier molecular flexibility index (Phi) is 9.04. The molecular formula is C21H31F2N5O3. The van der Waals surface area contributed by atoms with Crippen LogP contribution >= 0.6 is 0 Å². The summed E-state index contributed by atoms with van der Waals surface area (Å²) in [5.41, 5.74) is -0.0267. The molecule has 1 unspecified atom stereocenters. The van der Waals surface area contributed by atoms with Crippen molar-refractivity contribution in [3.05, 3.63) is 41.7 Å². The van der Waals surface area contributed by atoms with E-state index in [-0.39, 0.29) is 18.8 Å². The van der Waals surface area contributed by atoms with Gasteiger partial charge in [0.05, 0.1) is 25.9 Å². The van der Waals surface area contributed by atoms with Crippen molar-refractivity contribution >= 4 is 5.96 Å². The lowest BCUT2D eigenvalue weighted by atomic mass is 10.00. The highest BCUT2D eigenvalue weighted by Crippen LogP contribution is 2.27. The third-order valence-electron chi connectivity index (χ3n) is 4.41. The Labute approximate surface area is 181 Å². The highest BCUT2D eigenvalue weighted by Gasteiger charge is 2.25. The molecule has 8 nitrogen and oxygen atoms in total. The molecule has 1 heterocycles. The van der Waals surface area contributed by atoms with Crippen LogP contribution in [0.25, 0.3) is 0 Å². The fraction of sp³-hybridized carbons (Fsp3) is 0.524. The molecule has 1 atom stereocenters. The Hall–Kier alpha value is -2.88. The van der Waals surface area contributed by atoms with Crippen molar-refractivity contribution in [2.45, 2.75) is 45.9 Å². The molecule has 3 N–H and O–H groups in total. The van der Waals surface area contributed by atoms with Gasteiger partial charge in [-0.3, -0.25) is 4.68 Å². The number of nitrogens with zero attached hydrogens (tertiary/aromatic N) is 3. The molecule has 0 bridgehead atoms. The predicted octanol–water partition coefficient (Wildman–Crippen LogP) is 2.77. The van der Waals surface area contributed by atoms with Crippen molar-refractivity contribution in [3.63, 3.8) is 0 Å². The monoisotopic (exact) mass is 439 g/mol. The van der Waals surface area contributed by atoms with E-state index in [1.54, 1.807) is 43.2 Å². The molecular weight excluding hydrogens is 408 g/mol. The van der Waals surface area contributed by atoms with Crippen molar-refractivity contribution in [1.29, 1.82) is 0 Å². The number of benzene rings is 1.